The van der Waals surface area contributed by atoms with Gasteiger partial charge in [-0.05, 0) is 6.92 Å². The molecule has 76 valence electrons. The van der Waals surface area contributed by atoms with Crippen molar-refractivity contribution in [3.8, 4) is 0 Å². The molecule has 0 fully saturated rings. The Kier molecular flexibility index (Phi) is 3.01. The highest BCUT2D eigenvalue weighted by Crippen LogP contribution is 2.06. The van der Waals surface area contributed by atoms with Gasteiger partial charge in [-0.2, -0.15) is 4.99 Å². The molecule has 1 aromatic heterocycles. The van der Waals surface area contributed by atoms with Crippen molar-refractivity contribution in [3.63, 3.8) is 0 Å². The van der Waals surface area contributed by atoms with Crippen LogP contribution in [0.2, 0.25) is 0 Å². The number of carbonyl (C=O) groups is 1. The standard InChI is InChI=1S/C9H14N4O/c1-4-7(10)12-9(14)8-6(2)11-5-13(8)3/h5H,4H2,1-3H3,(H2,10,12,14). The van der Waals surface area contributed by atoms with Crippen molar-refractivity contribution in [2.75, 3.05) is 0 Å². The van der Waals surface area contributed by atoms with E-state index in [-0.39, 0.29) is 5.91 Å². The number of imidazole rings is 1. The molecule has 1 amide bonds. The van der Waals surface area contributed by atoms with Crippen LogP contribution in [0.4, 0.5) is 0 Å². The predicted molar refractivity (Wildman–Crippen MR) is 54.2 cm³/mol. The van der Waals surface area contributed by atoms with Crippen LogP contribution in [0.15, 0.2) is 11.3 Å². The average Bonchev–Trinajstić information content (AvgIpc) is 2.46. The molecule has 0 aliphatic heterocycles. The summed E-state index contributed by atoms with van der Waals surface area (Å²) in [5.41, 5.74) is 6.64. The smallest absolute Gasteiger partial charge is 0.297 e. The maximum atomic E-state index is 11.6. The number of hydrogen-bond donors (Lipinski definition) is 1. The molecule has 1 rings (SSSR count). The summed E-state index contributed by atoms with van der Waals surface area (Å²) in [4.78, 5) is 19.3. The molecule has 5 heteroatoms. The quantitative estimate of drug-likeness (QED) is 0.554. The van der Waals surface area contributed by atoms with Gasteiger partial charge in [-0.15, -0.1) is 0 Å². The van der Waals surface area contributed by atoms with Crippen molar-refractivity contribution >= 4 is 11.7 Å². The molecule has 1 heterocycles. The Morgan fingerprint density at radius 1 is 1.71 bits per heavy atom. The van der Waals surface area contributed by atoms with Crippen LogP contribution in [0.25, 0.3) is 0 Å². The van der Waals surface area contributed by atoms with Crippen molar-refractivity contribution in [2.24, 2.45) is 17.8 Å². The molecule has 0 unspecified atom stereocenters. The highest BCUT2D eigenvalue weighted by atomic mass is 16.1. The van der Waals surface area contributed by atoms with Gasteiger partial charge in [0.25, 0.3) is 5.91 Å². The molecule has 5 nitrogen and oxygen atoms in total. The van der Waals surface area contributed by atoms with Crippen LogP contribution in [-0.2, 0) is 7.05 Å². The minimum atomic E-state index is -0.332. The third-order valence-corrected chi connectivity index (χ3v) is 1.93. The molecule has 0 saturated carbocycles. The van der Waals surface area contributed by atoms with Gasteiger partial charge < -0.3 is 10.3 Å². The molecule has 0 radical (unpaired) electrons. The van der Waals surface area contributed by atoms with Crippen molar-refractivity contribution in [3.05, 3.63) is 17.7 Å². The van der Waals surface area contributed by atoms with Crippen LogP contribution in [0, 0.1) is 6.92 Å². The molecule has 0 saturated heterocycles. The van der Waals surface area contributed by atoms with Gasteiger partial charge in [0, 0.05) is 13.5 Å². The predicted octanol–water partition coefficient (Wildman–Crippen LogP) is 0.636. The van der Waals surface area contributed by atoms with Gasteiger partial charge in [-0.3, -0.25) is 4.79 Å². The van der Waals surface area contributed by atoms with Gasteiger partial charge in [0.2, 0.25) is 0 Å². The average molecular weight is 194 g/mol. The fraction of sp³-hybridized carbons (Fsp3) is 0.444. The number of aryl methyl sites for hydroxylation is 2. The molecular formula is C9H14N4O. The van der Waals surface area contributed by atoms with Crippen LogP contribution in [-0.4, -0.2) is 21.3 Å². The summed E-state index contributed by atoms with van der Waals surface area (Å²) in [5.74, 6) is 0.0115. The van der Waals surface area contributed by atoms with E-state index in [0.29, 0.717) is 23.6 Å². The third-order valence-electron chi connectivity index (χ3n) is 1.93. The second-order valence-electron chi connectivity index (χ2n) is 3.05. The Balaban J connectivity index is 3.01. The summed E-state index contributed by atoms with van der Waals surface area (Å²) in [6.45, 7) is 3.62. The van der Waals surface area contributed by atoms with E-state index in [1.807, 2.05) is 6.92 Å². The number of hydrogen-bond acceptors (Lipinski definition) is 2. The van der Waals surface area contributed by atoms with Gasteiger partial charge >= 0.3 is 0 Å². The first-order valence-electron chi connectivity index (χ1n) is 4.41. The zero-order valence-corrected chi connectivity index (χ0v) is 8.61. The first-order valence-corrected chi connectivity index (χ1v) is 4.41. The monoisotopic (exact) mass is 194 g/mol. The lowest BCUT2D eigenvalue weighted by molar-refractivity contribution is 0.0994. The highest BCUT2D eigenvalue weighted by molar-refractivity contribution is 6.02. The molecule has 0 bridgehead atoms. The fourth-order valence-electron chi connectivity index (χ4n) is 1.12. The second kappa shape index (κ2) is 4.04. The topological polar surface area (TPSA) is 73.3 Å². The van der Waals surface area contributed by atoms with E-state index in [0.717, 1.165) is 0 Å². The number of rotatable bonds is 2. The van der Waals surface area contributed by atoms with Gasteiger partial charge in [0.05, 0.1) is 12.0 Å². The number of amides is 1. The molecule has 14 heavy (non-hydrogen) atoms. The van der Waals surface area contributed by atoms with Crippen molar-refractivity contribution in [1.82, 2.24) is 9.55 Å². The molecule has 0 spiro atoms. The first kappa shape index (κ1) is 10.4. The Labute approximate surface area is 82.7 Å². The number of aliphatic imine (C=N–C) groups is 1. The minimum absolute atomic E-state index is 0.332. The maximum Gasteiger partial charge on any atom is 0.297 e. The highest BCUT2D eigenvalue weighted by Gasteiger charge is 2.13. The van der Waals surface area contributed by atoms with Crippen LogP contribution < -0.4 is 5.73 Å². The first-order chi connectivity index (χ1) is 6.56. The van der Waals surface area contributed by atoms with Crippen molar-refractivity contribution in [1.29, 1.82) is 0 Å². The van der Waals surface area contributed by atoms with Crippen molar-refractivity contribution < 1.29 is 4.79 Å². The number of aromatic nitrogens is 2. The Morgan fingerprint density at radius 3 is 2.79 bits per heavy atom. The Morgan fingerprint density at radius 2 is 2.36 bits per heavy atom. The molecule has 0 aliphatic carbocycles. The molecule has 2 N–H and O–H groups in total. The SMILES string of the molecule is CCC(N)=NC(=O)c1c(C)ncn1C. The van der Waals surface area contributed by atoms with E-state index in [1.165, 1.54) is 0 Å². The van der Waals surface area contributed by atoms with E-state index in [1.54, 1.807) is 24.9 Å². The van der Waals surface area contributed by atoms with Crippen LogP contribution >= 0.6 is 0 Å². The van der Waals surface area contributed by atoms with E-state index in [9.17, 15) is 4.79 Å². The minimum Gasteiger partial charge on any atom is -0.387 e. The Hall–Kier alpha value is -1.65. The number of amidine groups is 1. The van der Waals surface area contributed by atoms with Gasteiger partial charge in [-0.25, -0.2) is 4.98 Å². The van der Waals surface area contributed by atoms with Gasteiger partial charge in [0.15, 0.2) is 0 Å². The zero-order chi connectivity index (χ0) is 10.7. The van der Waals surface area contributed by atoms with Gasteiger partial charge in [-0.1, -0.05) is 6.92 Å². The van der Waals surface area contributed by atoms with E-state index in [2.05, 4.69) is 9.98 Å². The van der Waals surface area contributed by atoms with E-state index in [4.69, 9.17) is 5.73 Å². The third kappa shape index (κ3) is 1.99. The number of nitrogens with zero attached hydrogens (tertiary/aromatic N) is 3. The van der Waals surface area contributed by atoms with Crippen LogP contribution in [0.5, 0.6) is 0 Å². The number of carbonyl (C=O) groups excluding carboxylic acids is 1. The lowest BCUT2D eigenvalue weighted by Crippen LogP contribution is -2.14. The summed E-state index contributed by atoms with van der Waals surface area (Å²) in [5, 5.41) is 0. The molecule has 0 atom stereocenters. The summed E-state index contributed by atoms with van der Waals surface area (Å²) >= 11 is 0. The van der Waals surface area contributed by atoms with Crippen LogP contribution in [0.1, 0.15) is 29.5 Å². The van der Waals surface area contributed by atoms with E-state index < -0.39 is 0 Å². The fourth-order valence-corrected chi connectivity index (χ4v) is 1.12. The maximum absolute atomic E-state index is 11.6. The summed E-state index contributed by atoms with van der Waals surface area (Å²) in [7, 11) is 1.75. The largest absolute Gasteiger partial charge is 0.387 e. The molecule has 0 aromatic carbocycles. The summed E-state index contributed by atoms with van der Waals surface area (Å²) < 4.78 is 1.64. The summed E-state index contributed by atoms with van der Waals surface area (Å²) in [6, 6.07) is 0. The van der Waals surface area contributed by atoms with Crippen LogP contribution in [0.3, 0.4) is 0 Å². The summed E-state index contributed by atoms with van der Waals surface area (Å²) in [6.07, 6.45) is 2.16. The Bertz CT molecular complexity index is 359. The normalized spacial score (nSPS) is 11.8. The number of nitrogens with two attached hydrogens (primary N) is 1. The lowest BCUT2D eigenvalue weighted by atomic mass is 10.3. The zero-order valence-electron chi connectivity index (χ0n) is 8.61. The molecular weight excluding hydrogens is 180 g/mol. The van der Waals surface area contributed by atoms with Gasteiger partial charge in [0.1, 0.15) is 11.5 Å². The molecule has 0 aliphatic rings. The van der Waals surface area contributed by atoms with Crippen molar-refractivity contribution in [2.45, 2.75) is 20.3 Å². The second-order valence-corrected chi connectivity index (χ2v) is 3.05. The molecule has 1 aromatic rings. The van der Waals surface area contributed by atoms with E-state index >= 15 is 0 Å². The lowest BCUT2D eigenvalue weighted by Gasteiger charge is -1.99.